The summed E-state index contributed by atoms with van der Waals surface area (Å²) < 4.78 is 11.5. The Morgan fingerprint density at radius 1 is 1.19 bits per heavy atom. The Kier molecular flexibility index (Phi) is 4.50. The molecular weight excluding hydrogens is 268 g/mol. The molecule has 2 amide bonds. The summed E-state index contributed by atoms with van der Waals surface area (Å²) in [6.07, 6.45) is 9.34. The van der Waals surface area contributed by atoms with Gasteiger partial charge in [-0.15, -0.1) is 0 Å². The fourth-order valence-electron chi connectivity index (χ4n) is 3.56. The molecule has 1 aliphatic carbocycles. The van der Waals surface area contributed by atoms with E-state index >= 15 is 0 Å². The lowest BCUT2D eigenvalue weighted by Crippen LogP contribution is -2.50. The average molecular weight is 294 g/mol. The number of allylic oxidation sites excluding steroid dienone is 1. The molecule has 2 saturated heterocycles. The number of urea groups is 1. The largest absolute Gasteiger partial charge is 0.348 e. The zero-order chi connectivity index (χ0) is 14.7. The van der Waals surface area contributed by atoms with Crippen molar-refractivity contribution in [1.29, 1.82) is 0 Å². The van der Waals surface area contributed by atoms with Gasteiger partial charge in [0.1, 0.15) is 0 Å². The summed E-state index contributed by atoms with van der Waals surface area (Å²) in [5, 5.41) is 3.16. The molecule has 0 bridgehead atoms. The molecule has 2 heterocycles. The molecule has 2 aliphatic heterocycles. The number of hydrogen-bond acceptors (Lipinski definition) is 3. The van der Waals surface area contributed by atoms with Crippen molar-refractivity contribution in [2.24, 2.45) is 5.92 Å². The van der Waals surface area contributed by atoms with Crippen LogP contribution in [0.4, 0.5) is 4.79 Å². The van der Waals surface area contributed by atoms with Gasteiger partial charge in [-0.1, -0.05) is 12.2 Å². The van der Waals surface area contributed by atoms with Crippen LogP contribution in [0, 0.1) is 5.92 Å². The Hall–Kier alpha value is -1.07. The van der Waals surface area contributed by atoms with Gasteiger partial charge < -0.3 is 19.7 Å². The van der Waals surface area contributed by atoms with Crippen LogP contribution in [0.25, 0.3) is 0 Å². The smallest absolute Gasteiger partial charge is 0.317 e. The quantitative estimate of drug-likeness (QED) is 0.795. The SMILES string of the molecule is CC1(C2CCN(C(=O)NC3CC=CCC3)CC2)OCCO1. The maximum atomic E-state index is 12.3. The van der Waals surface area contributed by atoms with E-state index in [0.29, 0.717) is 25.2 Å². The minimum atomic E-state index is -0.434. The summed E-state index contributed by atoms with van der Waals surface area (Å²) in [5.41, 5.74) is 0. The number of likely N-dealkylation sites (tertiary alicyclic amines) is 1. The monoisotopic (exact) mass is 294 g/mol. The van der Waals surface area contributed by atoms with Crippen molar-refractivity contribution >= 4 is 6.03 Å². The first-order chi connectivity index (χ1) is 10.2. The van der Waals surface area contributed by atoms with E-state index in [1.807, 2.05) is 11.8 Å². The number of carbonyl (C=O) groups excluding carboxylic acids is 1. The average Bonchev–Trinajstić information content (AvgIpc) is 2.96. The number of amides is 2. The Balaban J connectivity index is 1.46. The van der Waals surface area contributed by atoms with Crippen LogP contribution in [0.5, 0.6) is 0 Å². The molecule has 21 heavy (non-hydrogen) atoms. The van der Waals surface area contributed by atoms with Crippen LogP contribution in [0.2, 0.25) is 0 Å². The predicted molar refractivity (Wildman–Crippen MR) is 79.9 cm³/mol. The van der Waals surface area contributed by atoms with Crippen LogP contribution in [-0.2, 0) is 9.47 Å². The zero-order valence-electron chi connectivity index (χ0n) is 12.8. The van der Waals surface area contributed by atoms with Crippen molar-refractivity contribution < 1.29 is 14.3 Å². The molecule has 0 saturated carbocycles. The van der Waals surface area contributed by atoms with E-state index < -0.39 is 5.79 Å². The molecular formula is C16H26N2O3. The lowest BCUT2D eigenvalue weighted by molar-refractivity contribution is -0.189. The van der Waals surface area contributed by atoms with Crippen molar-refractivity contribution in [2.75, 3.05) is 26.3 Å². The van der Waals surface area contributed by atoms with Crippen LogP contribution in [-0.4, -0.2) is 49.1 Å². The highest BCUT2D eigenvalue weighted by molar-refractivity contribution is 5.74. The van der Waals surface area contributed by atoms with Gasteiger partial charge in [-0.2, -0.15) is 0 Å². The van der Waals surface area contributed by atoms with E-state index in [1.54, 1.807) is 0 Å². The molecule has 0 radical (unpaired) electrons. The fourth-order valence-corrected chi connectivity index (χ4v) is 3.56. The van der Waals surface area contributed by atoms with Gasteiger partial charge in [0.25, 0.3) is 0 Å². The van der Waals surface area contributed by atoms with E-state index in [1.165, 1.54) is 0 Å². The molecule has 1 atom stereocenters. The van der Waals surface area contributed by atoms with Gasteiger partial charge in [0.05, 0.1) is 13.2 Å². The standard InChI is InChI=1S/C16H26N2O3/c1-16(20-11-12-21-16)13-7-9-18(10-8-13)15(19)17-14-5-3-2-4-6-14/h2-3,13-14H,4-12H2,1H3,(H,17,19). The van der Waals surface area contributed by atoms with Crippen molar-refractivity contribution in [3.63, 3.8) is 0 Å². The maximum absolute atomic E-state index is 12.3. The number of hydrogen-bond donors (Lipinski definition) is 1. The molecule has 0 spiro atoms. The molecule has 5 nitrogen and oxygen atoms in total. The molecule has 118 valence electrons. The molecule has 3 aliphatic rings. The van der Waals surface area contributed by atoms with Gasteiger partial charge in [-0.05, 0) is 39.0 Å². The first-order valence-electron chi connectivity index (χ1n) is 8.16. The summed E-state index contributed by atoms with van der Waals surface area (Å²) in [4.78, 5) is 14.2. The first kappa shape index (κ1) is 14.9. The van der Waals surface area contributed by atoms with Crippen LogP contribution < -0.4 is 5.32 Å². The van der Waals surface area contributed by atoms with E-state index in [4.69, 9.17) is 9.47 Å². The van der Waals surface area contributed by atoms with Crippen molar-refractivity contribution in [3.05, 3.63) is 12.2 Å². The highest BCUT2D eigenvalue weighted by atomic mass is 16.7. The van der Waals surface area contributed by atoms with Crippen molar-refractivity contribution in [2.45, 2.75) is 50.9 Å². The normalized spacial score (nSPS) is 29.6. The second-order valence-corrected chi connectivity index (χ2v) is 6.41. The van der Waals surface area contributed by atoms with Crippen LogP contribution >= 0.6 is 0 Å². The molecule has 0 aromatic carbocycles. The topological polar surface area (TPSA) is 50.8 Å². The van der Waals surface area contributed by atoms with Gasteiger partial charge in [-0.25, -0.2) is 4.79 Å². The van der Waals surface area contributed by atoms with Crippen LogP contribution in [0.15, 0.2) is 12.2 Å². The van der Waals surface area contributed by atoms with Crippen LogP contribution in [0.1, 0.15) is 39.0 Å². The predicted octanol–water partition coefficient (Wildman–Crippen LogP) is 2.28. The van der Waals surface area contributed by atoms with Gasteiger partial charge in [-0.3, -0.25) is 0 Å². The number of piperidine rings is 1. The third kappa shape index (κ3) is 3.40. The van der Waals surface area contributed by atoms with E-state index in [-0.39, 0.29) is 6.03 Å². The fraction of sp³-hybridized carbons (Fsp3) is 0.812. The van der Waals surface area contributed by atoms with Gasteiger partial charge in [0.2, 0.25) is 0 Å². The Bertz CT molecular complexity index is 396. The minimum Gasteiger partial charge on any atom is -0.348 e. The van der Waals surface area contributed by atoms with Gasteiger partial charge in [0, 0.05) is 25.0 Å². The lowest BCUT2D eigenvalue weighted by atomic mass is 9.89. The summed E-state index contributed by atoms with van der Waals surface area (Å²) in [7, 11) is 0. The number of rotatable bonds is 2. The number of carbonyl (C=O) groups is 1. The third-order valence-corrected chi connectivity index (χ3v) is 4.98. The van der Waals surface area contributed by atoms with Crippen LogP contribution in [0.3, 0.4) is 0 Å². The van der Waals surface area contributed by atoms with Gasteiger partial charge in [0.15, 0.2) is 5.79 Å². The number of ether oxygens (including phenoxy) is 2. The molecule has 1 unspecified atom stereocenters. The Morgan fingerprint density at radius 2 is 1.90 bits per heavy atom. The van der Waals surface area contributed by atoms with Crippen molar-refractivity contribution in [1.82, 2.24) is 10.2 Å². The number of nitrogens with zero attached hydrogens (tertiary/aromatic N) is 1. The maximum Gasteiger partial charge on any atom is 0.317 e. The van der Waals surface area contributed by atoms with Gasteiger partial charge >= 0.3 is 6.03 Å². The highest BCUT2D eigenvalue weighted by Gasteiger charge is 2.41. The zero-order valence-corrected chi connectivity index (χ0v) is 12.8. The summed E-state index contributed by atoms with van der Waals surface area (Å²) in [6.45, 7) is 5.00. The first-order valence-corrected chi connectivity index (χ1v) is 8.16. The molecule has 1 N–H and O–H groups in total. The molecule has 5 heteroatoms. The Labute approximate surface area is 126 Å². The lowest BCUT2D eigenvalue weighted by Gasteiger charge is -2.39. The molecule has 0 aromatic heterocycles. The summed E-state index contributed by atoms with van der Waals surface area (Å²) >= 11 is 0. The summed E-state index contributed by atoms with van der Waals surface area (Å²) in [6, 6.07) is 0.395. The van der Waals surface area contributed by atoms with E-state index in [0.717, 1.165) is 45.2 Å². The minimum absolute atomic E-state index is 0.0900. The molecule has 3 rings (SSSR count). The van der Waals surface area contributed by atoms with Crippen molar-refractivity contribution in [3.8, 4) is 0 Å². The second-order valence-electron chi connectivity index (χ2n) is 6.41. The molecule has 0 aromatic rings. The third-order valence-electron chi connectivity index (χ3n) is 4.98. The number of nitrogens with one attached hydrogen (secondary N) is 1. The van der Waals surface area contributed by atoms with E-state index in [9.17, 15) is 4.79 Å². The molecule has 2 fully saturated rings. The second kappa shape index (κ2) is 6.36. The van der Waals surface area contributed by atoms with E-state index in [2.05, 4.69) is 17.5 Å². The Morgan fingerprint density at radius 3 is 2.52 bits per heavy atom. The highest BCUT2D eigenvalue weighted by Crippen LogP contribution is 2.34. The summed E-state index contributed by atoms with van der Waals surface area (Å²) in [5.74, 6) is -0.0434.